The standard InChI is InChI=1S/C9H10Cl2N2O/c1-6-9(5-14)7(2)13(12-6)4-8(11)3-10/h3,5H,4H2,1-2H3. The van der Waals surface area contributed by atoms with E-state index in [1.54, 1.807) is 11.6 Å². The van der Waals surface area contributed by atoms with Crippen molar-refractivity contribution in [2.24, 2.45) is 0 Å². The lowest BCUT2D eigenvalue weighted by Crippen LogP contribution is -2.02. The van der Waals surface area contributed by atoms with E-state index in [-0.39, 0.29) is 0 Å². The van der Waals surface area contributed by atoms with Gasteiger partial charge in [-0.3, -0.25) is 9.48 Å². The van der Waals surface area contributed by atoms with Crippen LogP contribution in [0.15, 0.2) is 10.6 Å². The summed E-state index contributed by atoms with van der Waals surface area (Å²) in [7, 11) is 0. The molecule has 76 valence electrons. The molecule has 0 atom stereocenters. The lowest BCUT2D eigenvalue weighted by Gasteiger charge is -2.01. The van der Waals surface area contributed by atoms with Crippen LogP contribution in [-0.4, -0.2) is 16.1 Å². The van der Waals surface area contributed by atoms with Crippen molar-refractivity contribution in [2.45, 2.75) is 20.4 Å². The molecule has 1 aromatic heterocycles. The predicted molar refractivity (Wildman–Crippen MR) is 56.9 cm³/mol. The highest BCUT2D eigenvalue weighted by molar-refractivity contribution is 6.36. The normalized spacial score (nSPS) is 11.9. The summed E-state index contributed by atoms with van der Waals surface area (Å²) in [6, 6.07) is 0. The van der Waals surface area contributed by atoms with Crippen LogP contribution in [0.1, 0.15) is 21.7 Å². The highest BCUT2D eigenvalue weighted by Crippen LogP contribution is 2.14. The lowest BCUT2D eigenvalue weighted by molar-refractivity contribution is 0.112. The molecule has 0 saturated heterocycles. The Morgan fingerprint density at radius 2 is 2.21 bits per heavy atom. The Morgan fingerprint density at radius 1 is 1.57 bits per heavy atom. The Bertz CT molecular complexity index is 382. The number of nitrogens with zero attached hydrogens (tertiary/aromatic N) is 2. The molecule has 3 nitrogen and oxygen atoms in total. The van der Waals surface area contributed by atoms with Gasteiger partial charge in [0, 0.05) is 11.2 Å². The summed E-state index contributed by atoms with van der Waals surface area (Å²) in [5.41, 5.74) is 3.41. The van der Waals surface area contributed by atoms with E-state index in [4.69, 9.17) is 23.2 Å². The van der Waals surface area contributed by atoms with E-state index in [2.05, 4.69) is 5.10 Å². The van der Waals surface area contributed by atoms with Crippen LogP contribution in [0.4, 0.5) is 0 Å². The maximum atomic E-state index is 10.7. The van der Waals surface area contributed by atoms with Gasteiger partial charge < -0.3 is 0 Å². The molecule has 14 heavy (non-hydrogen) atoms. The van der Waals surface area contributed by atoms with Crippen LogP contribution in [0.2, 0.25) is 0 Å². The highest BCUT2D eigenvalue weighted by atomic mass is 35.5. The number of rotatable bonds is 3. The highest BCUT2D eigenvalue weighted by Gasteiger charge is 2.10. The van der Waals surface area contributed by atoms with Gasteiger partial charge in [0.1, 0.15) is 0 Å². The maximum absolute atomic E-state index is 10.7. The van der Waals surface area contributed by atoms with Crippen molar-refractivity contribution in [1.29, 1.82) is 0 Å². The van der Waals surface area contributed by atoms with E-state index >= 15 is 0 Å². The number of aldehydes is 1. The first-order valence-electron chi connectivity index (χ1n) is 4.04. The van der Waals surface area contributed by atoms with Crippen molar-refractivity contribution in [2.75, 3.05) is 0 Å². The molecule has 1 aromatic rings. The van der Waals surface area contributed by atoms with Gasteiger partial charge in [-0.1, -0.05) is 23.2 Å². The number of hydrogen-bond donors (Lipinski definition) is 0. The Morgan fingerprint density at radius 3 is 2.64 bits per heavy atom. The minimum atomic E-state index is 0.394. The third-order valence-corrected chi connectivity index (χ3v) is 2.58. The summed E-state index contributed by atoms with van der Waals surface area (Å²) in [6.07, 6.45) is 0.798. The van der Waals surface area contributed by atoms with Crippen molar-refractivity contribution < 1.29 is 4.79 Å². The number of aromatic nitrogens is 2. The minimum Gasteiger partial charge on any atom is -0.298 e. The molecule has 0 saturated carbocycles. The SMILES string of the molecule is Cc1nn(CC(Cl)=CCl)c(C)c1C=O. The second kappa shape index (κ2) is 4.62. The third kappa shape index (κ3) is 2.16. The number of hydrogen-bond acceptors (Lipinski definition) is 2. The smallest absolute Gasteiger partial charge is 0.153 e. The topological polar surface area (TPSA) is 34.9 Å². The molecule has 5 heteroatoms. The average molecular weight is 233 g/mol. The van der Waals surface area contributed by atoms with Gasteiger partial charge in [-0.05, 0) is 13.8 Å². The van der Waals surface area contributed by atoms with E-state index in [1.807, 2.05) is 6.92 Å². The van der Waals surface area contributed by atoms with E-state index < -0.39 is 0 Å². The Hall–Kier alpha value is -0.800. The molecular weight excluding hydrogens is 223 g/mol. The number of halogens is 2. The van der Waals surface area contributed by atoms with Crippen LogP contribution < -0.4 is 0 Å². The number of aryl methyl sites for hydroxylation is 1. The molecule has 0 amide bonds. The molecule has 0 bridgehead atoms. The molecule has 0 unspecified atom stereocenters. The zero-order chi connectivity index (χ0) is 10.7. The van der Waals surface area contributed by atoms with Gasteiger partial charge >= 0.3 is 0 Å². The predicted octanol–water partition coefficient (Wildman–Crippen LogP) is 2.63. The molecule has 1 rings (SSSR count). The van der Waals surface area contributed by atoms with Gasteiger partial charge in [-0.2, -0.15) is 5.10 Å². The Kier molecular flexibility index (Phi) is 3.72. The van der Waals surface area contributed by atoms with Crippen LogP contribution in [0.5, 0.6) is 0 Å². The summed E-state index contributed by atoms with van der Waals surface area (Å²) in [4.78, 5) is 10.7. The minimum absolute atomic E-state index is 0.394. The molecule has 0 aliphatic rings. The van der Waals surface area contributed by atoms with E-state index in [1.165, 1.54) is 5.54 Å². The lowest BCUT2D eigenvalue weighted by atomic mass is 10.2. The zero-order valence-corrected chi connectivity index (χ0v) is 9.43. The first-order valence-corrected chi connectivity index (χ1v) is 4.85. The molecule has 0 fully saturated rings. The van der Waals surface area contributed by atoms with Gasteiger partial charge in [0.2, 0.25) is 0 Å². The first-order chi connectivity index (χ1) is 6.60. The molecular formula is C9H10Cl2N2O. The monoisotopic (exact) mass is 232 g/mol. The number of carbonyl (C=O) groups is 1. The average Bonchev–Trinajstić information content (AvgIpc) is 2.42. The second-order valence-corrected chi connectivity index (χ2v) is 3.62. The maximum Gasteiger partial charge on any atom is 0.153 e. The number of allylic oxidation sites excluding steroid dienone is 1. The van der Waals surface area contributed by atoms with Crippen LogP contribution >= 0.6 is 23.2 Å². The molecule has 0 radical (unpaired) electrons. The summed E-state index contributed by atoms with van der Waals surface area (Å²) in [5, 5.41) is 4.65. The summed E-state index contributed by atoms with van der Waals surface area (Å²) in [6.45, 7) is 4.00. The van der Waals surface area contributed by atoms with Crippen molar-refractivity contribution in [3.05, 3.63) is 27.5 Å². The summed E-state index contributed by atoms with van der Waals surface area (Å²) < 4.78 is 1.65. The fourth-order valence-electron chi connectivity index (χ4n) is 1.21. The molecule has 0 aromatic carbocycles. The van der Waals surface area contributed by atoms with Crippen molar-refractivity contribution >= 4 is 29.5 Å². The van der Waals surface area contributed by atoms with Crippen molar-refractivity contribution in [3.63, 3.8) is 0 Å². The molecule has 1 heterocycles. The van der Waals surface area contributed by atoms with E-state index in [0.717, 1.165) is 12.0 Å². The van der Waals surface area contributed by atoms with Gasteiger partial charge in [-0.25, -0.2) is 0 Å². The summed E-state index contributed by atoms with van der Waals surface area (Å²) in [5.74, 6) is 0. The third-order valence-electron chi connectivity index (χ3n) is 1.97. The number of carbonyl (C=O) groups excluding carboxylic acids is 1. The van der Waals surface area contributed by atoms with Crippen molar-refractivity contribution in [1.82, 2.24) is 9.78 Å². The van der Waals surface area contributed by atoms with Gasteiger partial charge in [0.25, 0.3) is 0 Å². The van der Waals surface area contributed by atoms with Crippen LogP contribution in [0.25, 0.3) is 0 Å². The molecule has 0 spiro atoms. The van der Waals surface area contributed by atoms with Gasteiger partial charge in [-0.15, -0.1) is 0 Å². The zero-order valence-electron chi connectivity index (χ0n) is 7.92. The quantitative estimate of drug-likeness (QED) is 0.752. The molecule has 0 aliphatic carbocycles. The van der Waals surface area contributed by atoms with E-state index in [0.29, 0.717) is 22.8 Å². The molecule has 0 aliphatic heterocycles. The van der Waals surface area contributed by atoms with Crippen LogP contribution in [-0.2, 0) is 6.54 Å². The fourth-order valence-corrected chi connectivity index (χ4v) is 1.40. The van der Waals surface area contributed by atoms with Crippen molar-refractivity contribution in [3.8, 4) is 0 Å². The first kappa shape index (κ1) is 11.3. The van der Waals surface area contributed by atoms with Crippen LogP contribution in [0, 0.1) is 13.8 Å². The largest absolute Gasteiger partial charge is 0.298 e. The Balaban J connectivity index is 3.05. The van der Waals surface area contributed by atoms with Gasteiger partial charge in [0.05, 0.1) is 22.8 Å². The Labute approximate surface area is 92.3 Å². The summed E-state index contributed by atoms with van der Waals surface area (Å²) >= 11 is 11.2. The molecule has 0 N–H and O–H groups in total. The van der Waals surface area contributed by atoms with Crippen LogP contribution in [0.3, 0.4) is 0 Å². The van der Waals surface area contributed by atoms with Gasteiger partial charge in [0.15, 0.2) is 6.29 Å². The fraction of sp³-hybridized carbons (Fsp3) is 0.333. The second-order valence-electron chi connectivity index (χ2n) is 2.92. The van der Waals surface area contributed by atoms with E-state index in [9.17, 15) is 4.79 Å².